The number of piperidine rings is 1. The van der Waals surface area contributed by atoms with Crippen LogP contribution in [0.1, 0.15) is 30.4 Å². The minimum Gasteiger partial charge on any atom is -0.326 e. The summed E-state index contributed by atoms with van der Waals surface area (Å²) in [4.78, 5) is 41.7. The van der Waals surface area contributed by atoms with Gasteiger partial charge < -0.3 is 5.32 Å². The average molecular weight is 405 g/mol. The number of benzene rings is 2. The van der Waals surface area contributed by atoms with Gasteiger partial charge in [0.25, 0.3) is 5.91 Å². The van der Waals surface area contributed by atoms with Gasteiger partial charge in [-0.3, -0.25) is 19.3 Å². The van der Waals surface area contributed by atoms with Crippen LogP contribution in [0.3, 0.4) is 0 Å². The molecule has 0 aromatic heterocycles. The first-order valence-electron chi connectivity index (χ1n) is 10.5. The zero-order chi connectivity index (χ0) is 21.3. The maximum absolute atomic E-state index is 13.1. The lowest BCUT2D eigenvalue weighted by Gasteiger charge is -2.34. The molecule has 0 saturated carbocycles. The van der Waals surface area contributed by atoms with Crippen LogP contribution in [0.25, 0.3) is 0 Å². The highest BCUT2D eigenvalue weighted by molar-refractivity contribution is 6.22. The van der Waals surface area contributed by atoms with Crippen molar-refractivity contribution in [2.24, 2.45) is 5.92 Å². The Kier molecular flexibility index (Phi) is 5.68. The fourth-order valence-corrected chi connectivity index (χ4v) is 4.45. The molecule has 1 atom stereocenters. The zero-order valence-electron chi connectivity index (χ0n) is 17.4. The Bertz CT molecular complexity index is 965. The van der Waals surface area contributed by atoms with E-state index >= 15 is 0 Å². The molecule has 2 aromatic carbocycles. The highest BCUT2D eigenvalue weighted by Gasteiger charge is 2.44. The van der Waals surface area contributed by atoms with E-state index in [-0.39, 0.29) is 30.1 Å². The van der Waals surface area contributed by atoms with Crippen LogP contribution in [0.2, 0.25) is 0 Å². The lowest BCUT2D eigenvalue weighted by molar-refractivity contribution is -0.123. The molecule has 0 unspecified atom stereocenters. The van der Waals surface area contributed by atoms with Crippen LogP contribution in [-0.4, -0.2) is 41.8 Å². The van der Waals surface area contributed by atoms with Gasteiger partial charge in [-0.25, -0.2) is 4.90 Å². The molecule has 0 radical (unpaired) electrons. The largest absolute Gasteiger partial charge is 0.326 e. The molecule has 30 heavy (non-hydrogen) atoms. The minimum atomic E-state index is -0.434. The third-order valence-electron chi connectivity index (χ3n) is 6.10. The Hall–Kier alpha value is -2.99. The number of para-hydroxylation sites is 1. The summed E-state index contributed by atoms with van der Waals surface area (Å²) in [5.41, 5.74) is 3.50. The molecule has 0 spiro atoms. The number of amides is 3. The van der Waals surface area contributed by atoms with Crippen LogP contribution in [0.4, 0.5) is 11.4 Å². The highest BCUT2D eigenvalue weighted by atomic mass is 16.2. The van der Waals surface area contributed by atoms with Crippen molar-refractivity contribution in [3.8, 4) is 0 Å². The summed E-state index contributed by atoms with van der Waals surface area (Å²) in [5.74, 6) is -0.365. The molecule has 0 bridgehead atoms. The van der Waals surface area contributed by atoms with E-state index in [4.69, 9.17) is 0 Å². The van der Waals surface area contributed by atoms with E-state index in [0.29, 0.717) is 31.6 Å². The molecule has 2 fully saturated rings. The SMILES string of the molecule is Cc1ccc(N2C(=O)C[C@@H](N3CCC(C(=O)Nc4ccccc4)CC3)C2=O)c(C)c1. The number of rotatable bonds is 4. The van der Waals surface area contributed by atoms with Gasteiger partial charge in [0.1, 0.15) is 0 Å². The molecule has 1 N–H and O–H groups in total. The van der Waals surface area contributed by atoms with Crippen LogP contribution in [0.5, 0.6) is 0 Å². The van der Waals surface area contributed by atoms with Crippen molar-refractivity contribution in [1.82, 2.24) is 4.90 Å². The van der Waals surface area contributed by atoms with Crippen LogP contribution >= 0.6 is 0 Å². The maximum atomic E-state index is 13.1. The first kappa shape index (κ1) is 20.3. The minimum absolute atomic E-state index is 0.0200. The second-order valence-corrected chi connectivity index (χ2v) is 8.24. The van der Waals surface area contributed by atoms with Crippen molar-refractivity contribution >= 4 is 29.1 Å². The van der Waals surface area contributed by atoms with Gasteiger partial charge in [0.05, 0.1) is 18.2 Å². The Balaban J connectivity index is 1.38. The number of anilines is 2. The molecule has 4 rings (SSSR count). The van der Waals surface area contributed by atoms with E-state index in [9.17, 15) is 14.4 Å². The molecule has 2 saturated heterocycles. The lowest BCUT2D eigenvalue weighted by atomic mass is 9.94. The number of hydrogen-bond donors (Lipinski definition) is 1. The average Bonchev–Trinajstić information content (AvgIpc) is 3.03. The van der Waals surface area contributed by atoms with Crippen molar-refractivity contribution < 1.29 is 14.4 Å². The van der Waals surface area contributed by atoms with E-state index in [0.717, 1.165) is 16.8 Å². The third kappa shape index (κ3) is 4.00. The van der Waals surface area contributed by atoms with E-state index in [1.165, 1.54) is 4.90 Å². The summed E-state index contributed by atoms with van der Waals surface area (Å²) in [6.07, 6.45) is 1.56. The van der Waals surface area contributed by atoms with Gasteiger partial charge in [-0.15, -0.1) is 0 Å². The van der Waals surface area contributed by atoms with E-state index in [1.807, 2.05) is 62.4 Å². The number of carbonyl (C=O) groups is 3. The van der Waals surface area contributed by atoms with Crippen LogP contribution in [0, 0.1) is 19.8 Å². The Morgan fingerprint density at radius 2 is 1.70 bits per heavy atom. The lowest BCUT2D eigenvalue weighted by Crippen LogP contribution is -2.47. The van der Waals surface area contributed by atoms with E-state index in [1.54, 1.807) is 0 Å². The number of imide groups is 1. The predicted octanol–water partition coefficient (Wildman–Crippen LogP) is 3.29. The fraction of sp³-hybridized carbons (Fsp3) is 0.375. The van der Waals surface area contributed by atoms with E-state index < -0.39 is 6.04 Å². The number of carbonyl (C=O) groups excluding carboxylic acids is 3. The summed E-state index contributed by atoms with van der Waals surface area (Å²) in [6, 6.07) is 14.8. The van der Waals surface area contributed by atoms with Crippen molar-refractivity contribution in [2.75, 3.05) is 23.3 Å². The smallest absolute Gasteiger partial charge is 0.251 e. The highest BCUT2D eigenvalue weighted by Crippen LogP contribution is 2.31. The monoisotopic (exact) mass is 405 g/mol. The second kappa shape index (κ2) is 8.40. The van der Waals surface area contributed by atoms with Gasteiger partial charge in [-0.05, 0) is 63.5 Å². The van der Waals surface area contributed by atoms with Gasteiger partial charge in [-0.1, -0.05) is 35.9 Å². The number of aryl methyl sites for hydroxylation is 2. The topological polar surface area (TPSA) is 69.7 Å². The van der Waals surface area contributed by atoms with Gasteiger partial charge in [0.15, 0.2) is 0 Å². The summed E-state index contributed by atoms with van der Waals surface area (Å²) in [6.45, 7) is 5.19. The van der Waals surface area contributed by atoms with Crippen molar-refractivity contribution in [3.05, 3.63) is 59.7 Å². The van der Waals surface area contributed by atoms with Gasteiger partial charge in [0.2, 0.25) is 11.8 Å². The molecule has 6 nitrogen and oxygen atoms in total. The quantitative estimate of drug-likeness (QED) is 0.793. The van der Waals surface area contributed by atoms with Gasteiger partial charge >= 0.3 is 0 Å². The Labute approximate surface area is 176 Å². The molecular weight excluding hydrogens is 378 g/mol. The third-order valence-corrected chi connectivity index (χ3v) is 6.10. The van der Waals surface area contributed by atoms with Crippen molar-refractivity contribution in [1.29, 1.82) is 0 Å². The molecule has 6 heteroatoms. The van der Waals surface area contributed by atoms with Crippen molar-refractivity contribution in [2.45, 2.75) is 39.2 Å². The number of nitrogens with one attached hydrogen (secondary N) is 1. The fourth-order valence-electron chi connectivity index (χ4n) is 4.45. The van der Waals surface area contributed by atoms with Gasteiger partial charge in [0, 0.05) is 11.6 Å². The summed E-state index contributed by atoms with van der Waals surface area (Å²) >= 11 is 0. The Morgan fingerprint density at radius 3 is 2.37 bits per heavy atom. The molecule has 2 aliphatic heterocycles. The van der Waals surface area contributed by atoms with Gasteiger partial charge in [-0.2, -0.15) is 0 Å². The first-order valence-corrected chi connectivity index (χ1v) is 10.5. The first-order chi connectivity index (χ1) is 14.4. The van der Waals surface area contributed by atoms with Crippen LogP contribution in [0.15, 0.2) is 48.5 Å². The maximum Gasteiger partial charge on any atom is 0.251 e. The summed E-state index contributed by atoms with van der Waals surface area (Å²) < 4.78 is 0. The Morgan fingerprint density at radius 1 is 1.00 bits per heavy atom. The normalized spacial score (nSPS) is 20.6. The molecule has 0 aliphatic carbocycles. The molecule has 2 aromatic rings. The molecule has 3 amide bonds. The van der Waals surface area contributed by atoms with Crippen LogP contribution < -0.4 is 10.2 Å². The number of hydrogen-bond acceptors (Lipinski definition) is 4. The van der Waals surface area contributed by atoms with Crippen molar-refractivity contribution in [3.63, 3.8) is 0 Å². The van der Waals surface area contributed by atoms with E-state index in [2.05, 4.69) is 10.2 Å². The molecular formula is C24H27N3O3. The summed E-state index contributed by atoms with van der Waals surface area (Å²) in [5, 5.41) is 2.96. The number of likely N-dealkylation sites (tertiary alicyclic amines) is 1. The van der Waals surface area contributed by atoms with Crippen LogP contribution in [-0.2, 0) is 14.4 Å². The second-order valence-electron chi connectivity index (χ2n) is 8.24. The predicted molar refractivity (Wildman–Crippen MR) is 116 cm³/mol. The number of nitrogens with zero attached hydrogens (tertiary/aromatic N) is 2. The molecule has 2 aliphatic rings. The zero-order valence-corrected chi connectivity index (χ0v) is 17.4. The summed E-state index contributed by atoms with van der Waals surface area (Å²) in [7, 11) is 0. The molecule has 156 valence electrons. The molecule has 2 heterocycles. The standard InChI is InChI=1S/C24H27N3O3/c1-16-8-9-20(17(2)14-16)27-22(28)15-21(24(27)30)26-12-10-18(11-13-26)23(29)25-19-6-4-3-5-7-19/h3-9,14,18,21H,10-13,15H2,1-2H3,(H,25,29)/t21-/m1/s1.